The molecule has 1 aromatic carbocycles. The first-order chi connectivity index (χ1) is 14.8. The lowest BCUT2D eigenvalue weighted by Crippen LogP contribution is -2.56. The highest BCUT2D eigenvalue weighted by Crippen LogP contribution is 2.44. The van der Waals surface area contributed by atoms with Gasteiger partial charge in [0.2, 0.25) is 5.91 Å². The number of hydrogen-bond donors (Lipinski definition) is 0. The Morgan fingerprint density at radius 1 is 1.16 bits per heavy atom. The third kappa shape index (κ3) is 4.19. The second-order valence-corrected chi connectivity index (χ2v) is 9.12. The van der Waals surface area contributed by atoms with Gasteiger partial charge in [0.1, 0.15) is 5.75 Å². The summed E-state index contributed by atoms with van der Waals surface area (Å²) < 4.78 is 10.6. The van der Waals surface area contributed by atoms with Crippen LogP contribution in [0.15, 0.2) is 41.0 Å². The van der Waals surface area contributed by atoms with Gasteiger partial charge in [0.15, 0.2) is 5.76 Å². The first-order valence-corrected chi connectivity index (χ1v) is 10.9. The van der Waals surface area contributed by atoms with Crippen LogP contribution >= 0.6 is 0 Å². The zero-order valence-corrected chi connectivity index (χ0v) is 18.8. The average molecular weight is 426 g/mol. The number of anilines is 1. The number of fused-ring (bicyclic) bond motifs is 1. The van der Waals surface area contributed by atoms with Gasteiger partial charge in [-0.25, -0.2) is 0 Å². The summed E-state index contributed by atoms with van der Waals surface area (Å²) in [4.78, 5) is 31.8. The third-order valence-electron chi connectivity index (χ3n) is 6.42. The van der Waals surface area contributed by atoms with Crippen LogP contribution in [-0.2, 0) is 4.79 Å². The number of rotatable bonds is 4. The predicted molar refractivity (Wildman–Crippen MR) is 119 cm³/mol. The van der Waals surface area contributed by atoms with Gasteiger partial charge in [-0.15, -0.1) is 0 Å². The standard InChI is InChI=1S/C24H31N3O4/c1-17-15-24(2,3)27(20-8-7-18(30-4)14-19(17)20)22(28)16-25-9-11-26(12-10-25)23(29)21-6-5-13-31-21/h5-8,13-14,17H,9-12,15-16H2,1-4H3/t17-/m0/s1. The zero-order valence-electron chi connectivity index (χ0n) is 18.8. The molecule has 0 radical (unpaired) electrons. The topological polar surface area (TPSA) is 66.2 Å². The number of methoxy groups -OCH3 is 1. The fourth-order valence-corrected chi connectivity index (χ4v) is 4.93. The van der Waals surface area contributed by atoms with E-state index >= 15 is 0 Å². The van der Waals surface area contributed by atoms with Crippen LogP contribution < -0.4 is 9.64 Å². The van der Waals surface area contributed by atoms with E-state index in [1.54, 1.807) is 24.1 Å². The van der Waals surface area contributed by atoms with Gasteiger partial charge in [-0.05, 0) is 62.1 Å². The molecule has 1 aromatic heterocycles. The summed E-state index contributed by atoms with van der Waals surface area (Å²) in [6.45, 7) is 9.31. The minimum Gasteiger partial charge on any atom is -0.497 e. The molecule has 2 aliphatic rings. The van der Waals surface area contributed by atoms with Crippen molar-refractivity contribution in [2.45, 2.75) is 38.6 Å². The molecule has 2 aromatic rings. The van der Waals surface area contributed by atoms with Crippen LogP contribution in [0.1, 0.15) is 49.2 Å². The molecule has 1 atom stereocenters. The minimum absolute atomic E-state index is 0.0918. The molecule has 0 unspecified atom stereocenters. The molecule has 0 spiro atoms. The number of amides is 2. The van der Waals surface area contributed by atoms with Crippen LogP contribution in [0.5, 0.6) is 5.75 Å². The van der Waals surface area contributed by atoms with Gasteiger partial charge in [0, 0.05) is 37.4 Å². The molecule has 2 aliphatic heterocycles. The Morgan fingerprint density at radius 2 is 1.90 bits per heavy atom. The van der Waals surface area contributed by atoms with E-state index in [4.69, 9.17) is 9.15 Å². The molecule has 7 nitrogen and oxygen atoms in total. The molecule has 0 N–H and O–H groups in total. The van der Waals surface area contributed by atoms with Gasteiger partial charge in [-0.3, -0.25) is 14.5 Å². The molecule has 31 heavy (non-hydrogen) atoms. The second-order valence-electron chi connectivity index (χ2n) is 9.12. The second kappa shape index (κ2) is 8.38. The Bertz CT molecular complexity index is 946. The summed E-state index contributed by atoms with van der Waals surface area (Å²) in [5.74, 6) is 1.52. The molecule has 166 valence electrons. The van der Waals surface area contributed by atoms with Gasteiger partial charge < -0.3 is 19.0 Å². The van der Waals surface area contributed by atoms with Crippen molar-refractivity contribution in [2.75, 3.05) is 44.7 Å². The number of hydrogen-bond acceptors (Lipinski definition) is 5. The lowest BCUT2D eigenvalue weighted by Gasteiger charge is -2.47. The Hall–Kier alpha value is -2.80. The van der Waals surface area contributed by atoms with Crippen LogP contribution in [0.4, 0.5) is 5.69 Å². The molecule has 4 rings (SSSR count). The Balaban J connectivity index is 1.45. The molecule has 0 saturated carbocycles. The summed E-state index contributed by atoms with van der Waals surface area (Å²) in [6.07, 6.45) is 2.40. The molecular formula is C24H31N3O4. The number of ether oxygens (including phenoxy) is 1. The summed E-state index contributed by atoms with van der Waals surface area (Å²) in [7, 11) is 1.67. The van der Waals surface area contributed by atoms with Crippen LogP contribution in [0, 0.1) is 0 Å². The number of carbonyl (C=O) groups excluding carboxylic acids is 2. The monoisotopic (exact) mass is 425 g/mol. The Labute approximate surface area is 183 Å². The molecule has 0 aliphatic carbocycles. The summed E-state index contributed by atoms with van der Waals surface area (Å²) in [5, 5.41) is 0. The van der Waals surface area contributed by atoms with E-state index in [9.17, 15) is 9.59 Å². The van der Waals surface area contributed by atoms with Crippen LogP contribution in [-0.4, -0.2) is 67.0 Å². The van der Waals surface area contributed by atoms with Crippen molar-refractivity contribution in [2.24, 2.45) is 0 Å². The summed E-state index contributed by atoms with van der Waals surface area (Å²) in [5.41, 5.74) is 1.86. The minimum atomic E-state index is -0.269. The van der Waals surface area contributed by atoms with E-state index in [0.717, 1.165) is 23.4 Å². The highest BCUT2D eigenvalue weighted by molar-refractivity contribution is 5.97. The van der Waals surface area contributed by atoms with Crippen molar-refractivity contribution in [1.82, 2.24) is 9.80 Å². The molecule has 1 saturated heterocycles. The SMILES string of the molecule is COc1ccc2c(c1)[C@@H](C)CC(C)(C)N2C(=O)CN1CCN(C(=O)c2ccco2)CC1. The zero-order chi connectivity index (χ0) is 22.2. The van der Waals surface area contributed by atoms with Crippen molar-refractivity contribution in [3.05, 3.63) is 47.9 Å². The largest absolute Gasteiger partial charge is 0.497 e. The van der Waals surface area contributed by atoms with Gasteiger partial charge in [-0.2, -0.15) is 0 Å². The quantitative estimate of drug-likeness (QED) is 0.752. The third-order valence-corrected chi connectivity index (χ3v) is 6.42. The smallest absolute Gasteiger partial charge is 0.289 e. The van der Waals surface area contributed by atoms with Gasteiger partial charge in [-0.1, -0.05) is 6.92 Å². The predicted octanol–water partition coefficient (Wildman–Crippen LogP) is 3.37. The molecule has 3 heterocycles. The summed E-state index contributed by atoms with van der Waals surface area (Å²) >= 11 is 0. The first-order valence-electron chi connectivity index (χ1n) is 10.9. The van der Waals surface area contributed by atoms with Crippen molar-refractivity contribution in [3.63, 3.8) is 0 Å². The van der Waals surface area contributed by atoms with Gasteiger partial charge in [0.25, 0.3) is 5.91 Å². The van der Waals surface area contributed by atoms with E-state index in [-0.39, 0.29) is 17.4 Å². The number of benzene rings is 1. The first kappa shape index (κ1) is 21.4. The lowest BCUT2D eigenvalue weighted by atomic mass is 9.80. The van der Waals surface area contributed by atoms with Crippen molar-refractivity contribution < 1.29 is 18.7 Å². The Morgan fingerprint density at radius 3 is 2.55 bits per heavy atom. The highest BCUT2D eigenvalue weighted by atomic mass is 16.5. The van der Waals surface area contributed by atoms with Crippen molar-refractivity contribution in [1.29, 1.82) is 0 Å². The Kier molecular flexibility index (Phi) is 5.79. The van der Waals surface area contributed by atoms with Gasteiger partial charge >= 0.3 is 0 Å². The van der Waals surface area contributed by atoms with Crippen molar-refractivity contribution in [3.8, 4) is 5.75 Å². The van der Waals surface area contributed by atoms with E-state index in [1.807, 2.05) is 17.0 Å². The average Bonchev–Trinajstić information content (AvgIpc) is 3.28. The van der Waals surface area contributed by atoms with Crippen LogP contribution in [0.25, 0.3) is 0 Å². The number of carbonyl (C=O) groups is 2. The van der Waals surface area contributed by atoms with Crippen LogP contribution in [0.3, 0.4) is 0 Å². The lowest BCUT2D eigenvalue weighted by molar-refractivity contribution is -0.121. The maximum Gasteiger partial charge on any atom is 0.289 e. The fourth-order valence-electron chi connectivity index (χ4n) is 4.93. The van der Waals surface area contributed by atoms with E-state index < -0.39 is 0 Å². The van der Waals surface area contributed by atoms with Crippen LogP contribution in [0.2, 0.25) is 0 Å². The van der Waals surface area contributed by atoms with E-state index in [2.05, 4.69) is 31.7 Å². The number of nitrogens with zero attached hydrogens (tertiary/aromatic N) is 3. The summed E-state index contributed by atoms with van der Waals surface area (Å²) in [6, 6.07) is 9.38. The van der Waals surface area contributed by atoms with Crippen molar-refractivity contribution >= 4 is 17.5 Å². The number of piperazine rings is 1. The molecule has 1 fully saturated rings. The maximum atomic E-state index is 13.5. The molecule has 7 heteroatoms. The molecule has 2 amide bonds. The molecular weight excluding hydrogens is 394 g/mol. The van der Waals surface area contributed by atoms with Gasteiger partial charge in [0.05, 0.1) is 19.9 Å². The molecule has 0 bridgehead atoms. The van der Waals surface area contributed by atoms with E-state index in [0.29, 0.717) is 44.4 Å². The normalized spacial score (nSPS) is 21.0. The fraction of sp³-hybridized carbons (Fsp3) is 0.500. The van der Waals surface area contributed by atoms with E-state index in [1.165, 1.54) is 6.26 Å². The highest BCUT2D eigenvalue weighted by Gasteiger charge is 2.40. The number of furan rings is 1. The maximum absolute atomic E-state index is 13.5.